The Kier molecular flexibility index (Phi) is 4.26. The number of rotatable bonds is 2. The molecule has 2 unspecified atom stereocenters. The van der Waals surface area contributed by atoms with Crippen LogP contribution in [0.1, 0.15) is 39.0 Å². The van der Waals surface area contributed by atoms with Crippen LogP contribution in [0.15, 0.2) is 0 Å². The normalized spacial score (nSPS) is 30.6. The molecule has 0 spiro atoms. The van der Waals surface area contributed by atoms with Crippen molar-refractivity contribution in [2.24, 2.45) is 5.92 Å². The van der Waals surface area contributed by atoms with Crippen LogP contribution in [0.25, 0.3) is 0 Å². The second kappa shape index (κ2) is 5.71. The van der Waals surface area contributed by atoms with Crippen LogP contribution in [0.2, 0.25) is 0 Å². The Balaban J connectivity index is 1.80. The molecule has 1 saturated heterocycles. The minimum absolute atomic E-state index is 0.103. The highest BCUT2D eigenvalue weighted by Gasteiger charge is 2.30. The molecule has 0 aromatic heterocycles. The highest BCUT2D eigenvalue weighted by Crippen LogP contribution is 2.22. The molecule has 17 heavy (non-hydrogen) atoms. The number of carbonyl (C=O) groups is 1. The van der Waals surface area contributed by atoms with Crippen LogP contribution in [0.5, 0.6) is 0 Å². The minimum Gasteiger partial charge on any atom is -0.379 e. The minimum atomic E-state index is 0.103. The monoisotopic (exact) mass is 240 g/mol. The van der Waals surface area contributed by atoms with E-state index in [1.165, 1.54) is 0 Å². The van der Waals surface area contributed by atoms with E-state index in [1.807, 2.05) is 4.90 Å². The van der Waals surface area contributed by atoms with E-state index in [2.05, 4.69) is 12.2 Å². The number of piperidine rings is 1. The van der Waals surface area contributed by atoms with E-state index in [0.29, 0.717) is 0 Å². The lowest BCUT2D eigenvalue weighted by Gasteiger charge is -2.32. The summed E-state index contributed by atoms with van der Waals surface area (Å²) in [6.45, 7) is 4.06. The fourth-order valence-corrected chi connectivity index (χ4v) is 2.83. The van der Waals surface area contributed by atoms with E-state index in [4.69, 9.17) is 4.74 Å². The molecule has 4 heteroatoms. The molecule has 4 nitrogen and oxygen atoms in total. The van der Waals surface area contributed by atoms with Crippen molar-refractivity contribution in [1.29, 1.82) is 0 Å². The molecule has 0 aromatic rings. The van der Waals surface area contributed by atoms with Gasteiger partial charge in [0.05, 0.1) is 12.1 Å². The molecule has 1 N–H and O–H groups in total. The largest absolute Gasteiger partial charge is 0.379 e. The van der Waals surface area contributed by atoms with E-state index in [-0.39, 0.29) is 18.2 Å². The first-order valence-electron chi connectivity index (χ1n) is 6.79. The second-order valence-corrected chi connectivity index (χ2v) is 5.43. The lowest BCUT2D eigenvalue weighted by Crippen LogP contribution is -2.49. The Morgan fingerprint density at radius 3 is 2.59 bits per heavy atom. The predicted octanol–water partition coefficient (Wildman–Crippen LogP) is 2.00. The van der Waals surface area contributed by atoms with E-state index in [0.717, 1.165) is 51.1 Å². The maximum atomic E-state index is 12.1. The number of carbonyl (C=O) groups excluding carboxylic acids is 1. The van der Waals surface area contributed by atoms with Gasteiger partial charge in [-0.1, -0.05) is 6.92 Å². The molecule has 98 valence electrons. The van der Waals surface area contributed by atoms with Crippen LogP contribution in [0.4, 0.5) is 4.79 Å². The number of ether oxygens (including phenoxy) is 1. The molecule has 0 bridgehead atoms. The zero-order valence-corrected chi connectivity index (χ0v) is 10.9. The number of nitrogens with one attached hydrogen (secondary N) is 1. The van der Waals surface area contributed by atoms with Gasteiger partial charge in [-0.3, -0.25) is 0 Å². The van der Waals surface area contributed by atoms with Crippen LogP contribution < -0.4 is 5.32 Å². The lowest BCUT2D eigenvalue weighted by molar-refractivity contribution is 0.0835. The van der Waals surface area contributed by atoms with Gasteiger partial charge in [-0.2, -0.15) is 0 Å². The summed E-state index contributed by atoms with van der Waals surface area (Å²) in [5, 5.41) is 3.13. The average Bonchev–Trinajstić information content (AvgIpc) is 2.77. The quantitative estimate of drug-likeness (QED) is 0.802. The van der Waals surface area contributed by atoms with Crippen LogP contribution >= 0.6 is 0 Å². The second-order valence-electron chi connectivity index (χ2n) is 5.43. The van der Waals surface area contributed by atoms with Crippen molar-refractivity contribution in [3.05, 3.63) is 0 Å². The summed E-state index contributed by atoms with van der Waals surface area (Å²) in [6.07, 6.45) is 5.74. The topological polar surface area (TPSA) is 41.6 Å². The molecule has 2 fully saturated rings. The van der Waals surface area contributed by atoms with E-state index in [1.54, 1.807) is 7.11 Å². The van der Waals surface area contributed by atoms with Gasteiger partial charge in [0, 0.05) is 20.2 Å². The Morgan fingerprint density at radius 1 is 1.24 bits per heavy atom. The average molecular weight is 240 g/mol. The van der Waals surface area contributed by atoms with Crippen LogP contribution in [-0.4, -0.2) is 43.3 Å². The Hall–Kier alpha value is -0.770. The molecule has 1 saturated carbocycles. The van der Waals surface area contributed by atoms with Gasteiger partial charge in [-0.15, -0.1) is 0 Å². The standard InChI is InChI=1S/C13H24N2O2/c1-10-6-8-15(9-7-10)13(16)14-11-4-3-5-12(11)17-2/h10-12H,3-9H2,1-2H3,(H,14,16). The third kappa shape index (κ3) is 3.12. The molecule has 0 aromatic carbocycles. The summed E-state index contributed by atoms with van der Waals surface area (Å²) in [5.41, 5.74) is 0. The Bertz CT molecular complexity index is 262. The zero-order chi connectivity index (χ0) is 12.3. The van der Waals surface area contributed by atoms with Crippen molar-refractivity contribution in [3.8, 4) is 0 Å². The first kappa shape index (κ1) is 12.7. The third-order valence-electron chi connectivity index (χ3n) is 4.14. The van der Waals surface area contributed by atoms with E-state index < -0.39 is 0 Å². The molecule has 1 heterocycles. The molecule has 2 amide bonds. The summed E-state index contributed by atoms with van der Waals surface area (Å²) in [7, 11) is 1.73. The first-order valence-corrected chi connectivity index (χ1v) is 6.79. The summed E-state index contributed by atoms with van der Waals surface area (Å²) in [4.78, 5) is 14.0. The molecule has 1 aliphatic carbocycles. The van der Waals surface area contributed by atoms with Gasteiger partial charge in [0.2, 0.25) is 0 Å². The fraction of sp³-hybridized carbons (Fsp3) is 0.923. The van der Waals surface area contributed by atoms with Crippen molar-refractivity contribution in [1.82, 2.24) is 10.2 Å². The van der Waals surface area contributed by atoms with E-state index >= 15 is 0 Å². The zero-order valence-electron chi connectivity index (χ0n) is 10.9. The predicted molar refractivity (Wildman–Crippen MR) is 66.9 cm³/mol. The van der Waals surface area contributed by atoms with E-state index in [9.17, 15) is 4.79 Å². The maximum Gasteiger partial charge on any atom is 0.317 e. The van der Waals surface area contributed by atoms with Gasteiger partial charge in [0.1, 0.15) is 0 Å². The number of amides is 2. The molecular weight excluding hydrogens is 216 g/mol. The van der Waals surface area contributed by atoms with Gasteiger partial charge >= 0.3 is 6.03 Å². The lowest BCUT2D eigenvalue weighted by atomic mass is 10.00. The van der Waals surface area contributed by atoms with Crippen molar-refractivity contribution in [3.63, 3.8) is 0 Å². The molecular formula is C13H24N2O2. The molecule has 2 atom stereocenters. The number of hydrogen-bond acceptors (Lipinski definition) is 2. The van der Waals surface area contributed by atoms with Crippen LogP contribution in [0, 0.1) is 5.92 Å². The van der Waals surface area contributed by atoms with Crippen LogP contribution in [-0.2, 0) is 4.74 Å². The number of hydrogen-bond donors (Lipinski definition) is 1. The van der Waals surface area contributed by atoms with Crippen molar-refractivity contribution in [2.75, 3.05) is 20.2 Å². The van der Waals surface area contributed by atoms with Gasteiger partial charge in [0.25, 0.3) is 0 Å². The Morgan fingerprint density at radius 2 is 1.94 bits per heavy atom. The molecule has 2 rings (SSSR count). The summed E-state index contributed by atoms with van der Waals surface area (Å²) < 4.78 is 5.40. The molecule has 2 aliphatic rings. The number of nitrogens with zero attached hydrogens (tertiary/aromatic N) is 1. The van der Waals surface area contributed by atoms with Gasteiger partial charge in [-0.05, 0) is 38.0 Å². The first-order chi connectivity index (χ1) is 8.20. The highest BCUT2D eigenvalue weighted by atomic mass is 16.5. The fourth-order valence-electron chi connectivity index (χ4n) is 2.83. The van der Waals surface area contributed by atoms with Crippen molar-refractivity contribution >= 4 is 6.03 Å². The Labute approximate surface area is 104 Å². The van der Waals surface area contributed by atoms with Crippen molar-refractivity contribution < 1.29 is 9.53 Å². The smallest absolute Gasteiger partial charge is 0.317 e. The van der Waals surface area contributed by atoms with Crippen molar-refractivity contribution in [2.45, 2.75) is 51.2 Å². The summed E-state index contributed by atoms with van der Waals surface area (Å²) in [5.74, 6) is 0.761. The van der Waals surface area contributed by atoms with Gasteiger partial charge < -0.3 is 15.0 Å². The molecule has 1 aliphatic heterocycles. The van der Waals surface area contributed by atoms with Gasteiger partial charge in [0.15, 0.2) is 0 Å². The summed E-state index contributed by atoms with van der Waals surface area (Å²) >= 11 is 0. The highest BCUT2D eigenvalue weighted by molar-refractivity contribution is 5.74. The number of likely N-dealkylation sites (tertiary alicyclic amines) is 1. The maximum absolute atomic E-state index is 12.1. The SMILES string of the molecule is COC1CCCC1NC(=O)N1CCC(C)CC1. The number of methoxy groups -OCH3 is 1. The molecule has 0 radical (unpaired) electrons. The van der Waals surface area contributed by atoms with Gasteiger partial charge in [-0.25, -0.2) is 4.79 Å². The third-order valence-corrected chi connectivity index (χ3v) is 4.14. The summed E-state index contributed by atoms with van der Waals surface area (Å²) in [6, 6.07) is 0.317. The number of urea groups is 1. The van der Waals surface area contributed by atoms with Crippen LogP contribution in [0.3, 0.4) is 0 Å².